The van der Waals surface area contributed by atoms with Crippen molar-refractivity contribution in [3.8, 4) is 0 Å². The Morgan fingerprint density at radius 3 is 2.73 bits per heavy atom. The molecule has 0 radical (unpaired) electrons. The molecule has 0 amide bonds. The lowest BCUT2D eigenvalue weighted by Gasteiger charge is -2.19. The molecular weight excluding hydrogens is 210 g/mol. The first-order valence-corrected chi connectivity index (χ1v) is 5.87. The Balaban J connectivity index is 2.86. The predicted octanol–water partition coefficient (Wildman–Crippen LogP) is 2.26. The predicted molar refractivity (Wildman–Crippen MR) is 61.8 cm³/mol. The molecule has 84 valence electrons. The number of methoxy groups -OCH3 is 1. The number of carbonyl (C=O) groups excluding carboxylic acids is 1. The number of hydrogen-bond acceptors (Lipinski definition) is 4. The molecule has 1 heterocycles. The number of rotatable bonds is 4. The normalized spacial score (nSPS) is 14.7. The first-order valence-electron chi connectivity index (χ1n) is 4.99. The highest BCUT2D eigenvalue weighted by Crippen LogP contribution is 2.29. The van der Waals surface area contributed by atoms with Gasteiger partial charge < -0.3 is 10.5 Å². The van der Waals surface area contributed by atoms with Gasteiger partial charge in [-0.2, -0.15) is 0 Å². The number of hydrogen-bond donors (Lipinski definition) is 1. The summed E-state index contributed by atoms with van der Waals surface area (Å²) >= 11 is 1.60. The van der Waals surface area contributed by atoms with E-state index in [0.29, 0.717) is 6.42 Å². The van der Waals surface area contributed by atoms with Gasteiger partial charge in [-0.1, -0.05) is 6.92 Å². The Morgan fingerprint density at radius 1 is 1.67 bits per heavy atom. The minimum absolute atomic E-state index is 0.224. The van der Waals surface area contributed by atoms with Crippen LogP contribution in [0.3, 0.4) is 0 Å². The highest BCUT2D eigenvalue weighted by atomic mass is 32.1. The van der Waals surface area contributed by atoms with E-state index in [-0.39, 0.29) is 17.9 Å². The van der Waals surface area contributed by atoms with Crippen molar-refractivity contribution >= 4 is 17.3 Å². The zero-order chi connectivity index (χ0) is 11.4. The van der Waals surface area contributed by atoms with Crippen LogP contribution in [0, 0.1) is 12.8 Å². The molecular formula is C11H17NO2S. The van der Waals surface area contributed by atoms with Crippen molar-refractivity contribution in [2.45, 2.75) is 26.3 Å². The van der Waals surface area contributed by atoms with Gasteiger partial charge in [-0.3, -0.25) is 4.79 Å². The Labute approximate surface area is 94.2 Å². The zero-order valence-corrected chi connectivity index (χ0v) is 10.1. The Bertz CT molecular complexity index is 335. The van der Waals surface area contributed by atoms with Gasteiger partial charge in [0.15, 0.2) is 0 Å². The Kier molecular flexibility index (Phi) is 4.29. The first-order chi connectivity index (χ1) is 7.11. The molecule has 2 atom stereocenters. The van der Waals surface area contributed by atoms with Crippen molar-refractivity contribution in [1.82, 2.24) is 0 Å². The maximum Gasteiger partial charge on any atom is 0.310 e. The Hall–Kier alpha value is -0.870. The van der Waals surface area contributed by atoms with Crippen molar-refractivity contribution in [1.29, 1.82) is 0 Å². The van der Waals surface area contributed by atoms with E-state index in [9.17, 15) is 4.79 Å². The van der Waals surface area contributed by atoms with Crippen LogP contribution < -0.4 is 5.73 Å². The molecule has 0 aliphatic rings. The van der Waals surface area contributed by atoms with Crippen LogP contribution in [0.1, 0.15) is 29.8 Å². The van der Waals surface area contributed by atoms with Gasteiger partial charge >= 0.3 is 5.97 Å². The largest absolute Gasteiger partial charge is 0.469 e. The fourth-order valence-electron chi connectivity index (χ4n) is 1.63. The standard InChI is InChI=1S/C11H17NO2S/c1-4-8(11(13)14-3)9(12)10-7(2)5-6-15-10/h5-6,8-9H,4,12H2,1-3H3. The zero-order valence-electron chi connectivity index (χ0n) is 9.32. The van der Waals surface area contributed by atoms with Gasteiger partial charge in [0, 0.05) is 4.88 Å². The van der Waals surface area contributed by atoms with E-state index in [1.54, 1.807) is 11.3 Å². The molecule has 2 N–H and O–H groups in total. The van der Waals surface area contributed by atoms with Crippen molar-refractivity contribution in [3.05, 3.63) is 21.9 Å². The smallest absolute Gasteiger partial charge is 0.310 e. The van der Waals surface area contributed by atoms with Crippen LogP contribution in [0.25, 0.3) is 0 Å². The fraction of sp³-hybridized carbons (Fsp3) is 0.545. The first kappa shape index (κ1) is 12.2. The molecule has 1 rings (SSSR count). The van der Waals surface area contributed by atoms with Gasteiger partial charge in [0.25, 0.3) is 0 Å². The van der Waals surface area contributed by atoms with Crippen molar-refractivity contribution in [3.63, 3.8) is 0 Å². The molecule has 4 heteroatoms. The lowest BCUT2D eigenvalue weighted by atomic mass is 9.95. The van der Waals surface area contributed by atoms with Crippen molar-refractivity contribution in [2.75, 3.05) is 7.11 Å². The molecule has 0 saturated carbocycles. The molecule has 0 spiro atoms. The third kappa shape index (κ3) is 2.58. The molecule has 0 aliphatic heterocycles. The second-order valence-electron chi connectivity index (χ2n) is 3.53. The molecule has 0 saturated heterocycles. The summed E-state index contributed by atoms with van der Waals surface area (Å²) in [6.45, 7) is 3.96. The van der Waals surface area contributed by atoms with E-state index in [2.05, 4.69) is 0 Å². The Morgan fingerprint density at radius 2 is 2.33 bits per heavy atom. The maximum absolute atomic E-state index is 11.5. The topological polar surface area (TPSA) is 52.3 Å². The lowest BCUT2D eigenvalue weighted by Crippen LogP contribution is -2.28. The van der Waals surface area contributed by atoms with Crippen molar-refractivity contribution in [2.24, 2.45) is 11.7 Å². The van der Waals surface area contributed by atoms with E-state index in [0.717, 1.165) is 10.4 Å². The van der Waals surface area contributed by atoms with Crippen LogP contribution in [0.5, 0.6) is 0 Å². The van der Waals surface area contributed by atoms with Crippen LogP contribution >= 0.6 is 11.3 Å². The van der Waals surface area contributed by atoms with Gasteiger partial charge in [-0.05, 0) is 30.4 Å². The second-order valence-corrected chi connectivity index (χ2v) is 4.48. The maximum atomic E-state index is 11.5. The quantitative estimate of drug-likeness (QED) is 0.803. The lowest BCUT2D eigenvalue weighted by molar-refractivity contribution is -0.146. The average Bonchev–Trinajstić information content (AvgIpc) is 2.65. The average molecular weight is 227 g/mol. The highest BCUT2D eigenvalue weighted by molar-refractivity contribution is 7.10. The number of ether oxygens (including phenoxy) is 1. The van der Waals surface area contributed by atoms with E-state index < -0.39 is 0 Å². The number of carbonyl (C=O) groups is 1. The van der Waals surface area contributed by atoms with Crippen molar-refractivity contribution < 1.29 is 9.53 Å². The molecule has 1 aromatic heterocycles. The summed E-state index contributed by atoms with van der Waals surface area (Å²) in [5.74, 6) is -0.467. The molecule has 1 aromatic rings. The molecule has 2 unspecified atom stereocenters. The number of thiophene rings is 1. The van der Waals surface area contributed by atoms with Crippen LogP contribution in [0.4, 0.5) is 0 Å². The molecule has 0 bridgehead atoms. The molecule has 0 fully saturated rings. The van der Waals surface area contributed by atoms with Gasteiger partial charge in [-0.15, -0.1) is 11.3 Å². The fourth-order valence-corrected chi connectivity index (χ4v) is 2.62. The van der Waals surface area contributed by atoms with Crippen LogP contribution in [0.15, 0.2) is 11.4 Å². The van der Waals surface area contributed by atoms with E-state index >= 15 is 0 Å². The molecule has 0 aliphatic carbocycles. The minimum Gasteiger partial charge on any atom is -0.469 e. The summed E-state index contributed by atoms with van der Waals surface area (Å²) in [5.41, 5.74) is 7.23. The van der Waals surface area contributed by atoms with E-state index in [1.165, 1.54) is 7.11 Å². The molecule has 15 heavy (non-hydrogen) atoms. The van der Waals surface area contributed by atoms with Gasteiger partial charge in [0.2, 0.25) is 0 Å². The van der Waals surface area contributed by atoms with E-state index in [4.69, 9.17) is 10.5 Å². The summed E-state index contributed by atoms with van der Waals surface area (Å²) in [5, 5.41) is 1.99. The third-order valence-corrected chi connectivity index (χ3v) is 3.70. The summed E-state index contributed by atoms with van der Waals surface area (Å²) in [7, 11) is 1.40. The monoisotopic (exact) mass is 227 g/mol. The molecule has 0 aromatic carbocycles. The summed E-state index contributed by atoms with van der Waals surface area (Å²) in [6, 6.07) is 1.77. The number of nitrogens with two attached hydrogens (primary N) is 1. The summed E-state index contributed by atoms with van der Waals surface area (Å²) in [6.07, 6.45) is 0.700. The minimum atomic E-state index is -0.248. The summed E-state index contributed by atoms with van der Waals surface area (Å²) < 4.78 is 4.75. The number of aryl methyl sites for hydroxylation is 1. The second kappa shape index (κ2) is 5.28. The van der Waals surface area contributed by atoms with Crippen LogP contribution in [-0.2, 0) is 9.53 Å². The summed E-state index contributed by atoms with van der Waals surface area (Å²) in [4.78, 5) is 12.6. The molecule has 3 nitrogen and oxygen atoms in total. The van der Waals surface area contributed by atoms with Gasteiger partial charge in [0.05, 0.1) is 19.1 Å². The van der Waals surface area contributed by atoms with Crippen LogP contribution in [0.2, 0.25) is 0 Å². The van der Waals surface area contributed by atoms with Crippen LogP contribution in [-0.4, -0.2) is 13.1 Å². The third-order valence-electron chi connectivity index (χ3n) is 2.58. The van der Waals surface area contributed by atoms with E-state index in [1.807, 2.05) is 25.3 Å². The SMILES string of the molecule is CCC(C(=O)OC)C(N)c1sccc1C. The highest BCUT2D eigenvalue weighted by Gasteiger charge is 2.27. The van der Waals surface area contributed by atoms with Gasteiger partial charge in [0.1, 0.15) is 0 Å². The number of esters is 1. The van der Waals surface area contributed by atoms with Gasteiger partial charge in [-0.25, -0.2) is 0 Å².